The Balaban J connectivity index is 1.88. The maximum Gasteiger partial charge on any atom is 0.130 e. The molecule has 0 aliphatic heterocycles. The predicted octanol–water partition coefficient (Wildman–Crippen LogP) is 6.78. The van der Waals surface area contributed by atoms with Crippen LogP contribution < -0.4 is 0 Å². The van der Waals surface area contributed by atoms with Gasteiger partial charge in [0, 0.05) is 33.4 Å². The Morgan fingerprint density at radius 2 is 1.36 bits per heavy atom. The zero-order valence-corrected chi connectivity index (χ0v) is 15.1. The molecule has 0 radical (unpaired) electrons. The number of para-hydroxylation sites is 2. The number of benzene rings is 4. The fourth-order valence-corrected chi connectivity index (χ4v) is 4.93. The lowest BCUT2D eigenvalue weighted by molar-refractivity contribution is 1.08. The van der Waals surface area contributed by atoms with Gasteiger partial charge in [0.05, 0.1) is 11.0 Å². The standard InChI is InChI=1S/C26H16N2/c1-2-8-18(9-3-1)27-16-15-22-20-11-6-7-17-13-14-21-19-10-4-5-12-23(19)28(26(22)27)25(21)24(17)20/h1-16H. The number of fused-ring (bicyclic) bond motifs is 6. The fraction of sp³-hybridized carbons (Fsp3) is 0. The zero-order chi connectivity index (χ0) is 18.2. The molecule has 0 aliphatic carbocycles. The molecule has 130 valence electrons. The Labute approximate surface area is 161 Å². The van der Waals surface area contributed by atoms with Crippen LogP contribution in [0.1, 0.15) is 0 Å². The van der Waals surface area contributed by atoms with Gasteiger partial charge >= 0.3 is 0 Å². The Bertz CT molecular complexity index is 1650. The molecule has 2 nitrogen and oxygen atoms in total. The van der Waals surface area contributed by atoms with Crippen LogP contribution in [-0.2, 0) is 0 Å². The highest BCUT2D eigenvalue weighted by Crippen LogP contribution is 2.41. The van der Waals surface area contributed by atoms with E-state index in [9.17, 15) is 0 Å². The van der Waals surface area contributed by atoms with Crippen molar-refractivity contribution in [2.45, 2.75) is 0 Å². The smallest absolute Gasteiger partial charge is 0.130 e. The molecular formula is C26H16N2. The second-order valence-electron chi connectivity index (χ2n) is 7.48. The number of pyridine rings is 1. The third kappa shape index (κ3) is 1.59. The molecular weight excluding hydrogens is 340 g/mol. The van der Waals surface area contributed by atoms with Gasteiger partial charge in [-0.3, -0.25) is 4.40 Å². The highest BCUT2D eigenvalue weighted by Gasteiger charge is 2.19. The number of aromatic nitrogens is 2. The number of hydrogen-bond donors (Lipinski definition) is 0. The van der Waals surface area contributed by atoms with E-state index in [2.05, 4.69) is 106 Å². The fourth-order valence-electron chi connectivity index (χ4n) is 4.93. The van der Waals surface area contributed by atoms with Crippen LogP contribution in [0.25, 0.3) is 54.7 Å². The van der Waals surface area contributed by atoms with Gasteiger partial charge in [-0.1, -0.05) is 66.7 Å². The van der Waals surface area contributed by atoms with E-state index in [1.165, 1.54) is 54.7 Å². The lowest BCUT2D eigenvalue weighted by atomic mass is 10.0. The normalized spacial score (nSPS) is 12.3. The van der Waals surface area contributed by atoms with Crippen LogP contribution in [0.2, 0.25) is 0 Å². The second-order valence-corrected chi connectivity index (χ2v) is 7.48. The molecule has 7 rings (SSSR count). The minimum absolute atomic E-state index is 1.18. The van der Waals surface area contributed by atoms with Crippen LogP contribution in [0.5, 0.6) is 0 Å². The molecule has 0 unspecified atom stereocenters. The number of hydrogen-bond acceptors (Lipinski definition) is 0. The molecule has 0 atom stereocenters. The van der Waals surface area contributed by atoms with E-state index in [-0.39, 0.29) is 0 Å². The van der Waals surface area contributed by atoms with E-state index < -0.39 is 0 Å². The lowest BCUT2D eigenvalue weighted by Gasteiger charge is -2.13. The monoisotopic (exact) mass is 356 g/mol. The van der Waals surface area contributed by atoms with Crippen LogP contribution in [0.3, 0.4) is 0 Å². The molecule has 3 aromatic heterocycles. The lowest BCUT2D eigenvalue weighted by Crippen LogP contribution is -1.98. The van der Waals surface area contributed by atoms with Crippen LogP contribution in [0.4, 0.5) is 0 Å². The second kappa shape index (κ2) is 4.93. The summed E-state index contributed by atoms with van der Waals surface area (Å²) in [6, 6.07) is 32.8. The topological polar surface area (TPSA) is 9.34 Å². The van der Waals surface area contributed by atoms with Crippen molar-refractivity contribution in [2.75, 3.05) is 0 Å². The summed E-state index contributed by atoms with van der Waals surface area (Å²) >= 11 is 0. The molecule has 0 N–H and O–H groups in total. The summed E-state index contributed by atoms with van der Waals surface area (Å²) in [4.78, 5) is 0. The quantitative estimate of drug-likeness (QED) is 0.307. The Morgan fingerprint density at radius 3 is 2.29 bits per heavy atom. The summed E-state index contributed by atoms with van der Waals surface area (Å²) in [5, 5.41) is 7.89. The summed E-state index contributed by atoms with van der Waals surface area (Å²) in [5.41, 5.74) is 4.99. The first-order valence-electron chi connectivity index (χ1n) is 9.64. The first-order valence-corrected chi connectivity index (χ1v) is 9.64. The molecule has 0 amide bonds. The van der Waals surface area contributed by atoms with Gasteiger partial charge < -0.3 is 4.57 Å². The Kier molecular flexibility index (Phi) is 2.52. The van der Waals surface area contributed by atoms with Gasteiger partial charge in [-0.15, -0.1) is 0 Å². The summed E-state index contributed by atoms with van der Waals surface area (Å²) in [6.45, 7) is 0. The molecule has 2 heteroatoms. The van der Waals surface area contributed by atoms with E-state index in [1.807, 2.05) is 0 Å². The van der Waals surface area contributed by atoms with Crippen molar-refractivity contribution < 1.29 is 0 Å². The number of rotatable bonds is 1. The van der Waals surface area contributed by atoms with Crippen molar-refractivity contribution in [1.82, 2.24) is 8.97 Å². The van der Waals surface area contributed by atoms with E-state index in [0.29, 0.717) is 0 Å². The first kappa shape index (κ1) is 14.3. The van der Waals surface area contributed by atoms with Crippen molar-refractivity contribution in [1.29, 1.82) is 0 Å². The van der Waals surface area contributed by atoms with E-state index in [1.54, 1.807) is 0 Å². The maximum atomic E-state index is 2.46. The van der Waals surface area contributed by atoms with Gasteiger partial charge in [0.15, 0.2) is 0 Å². The minimum atomic E-state index is 1.18. The highest BCUT2D eigenvalue weighted by atomic mass is 15.1. The van der Waals surface area contributed by atoms with Crippen LogP contribution in [0.15, 0.2) is 97.2 Å². The molecule has 3 heterocycles. The SMILES string of the molecule is c1ccc(-n2ccc3c4cccc5ccc6c7ccccc7n(c6c54)c32)cc1. The third-order valence-corrected chi connectivity index (χ3v) is 6.07. The van der Waals surface area contributed by atoms with Gasteiger partial charge in [-0.2, -0.15) is 0 Å². The van der Waals surface area contributed by atoms with Crippen molar-refractivity contribution in [3.8, 4) is 5.69 Å². The molecule has 4 aromatic carbocycles. The van der Waals surface area contributed by atoms with E-state index in [0.717, 1.165) is 0 Å². The van der Waals surface area contributed by atoms with E-state index in [4.69, 9.17) is 0 Å². The highest BCUT2D eigenvalue weighted by molar-refractivity contribution is 6.28. The number of nitrogens with zero attached hydrogens (tertiary/aromatic N) is 2. The summed E-state index contributed by atoms with van der Waals surface area (Å²) in [5.74, 6) is 0. The largest absolute Gasteiger partial charge is 0.302 e. The van der Waals surface area contributed by atoms with Gasteiger partial charge in [0.25, 0.3) is 0 Å². The molecule has 7 aromatic rings. The molecule has 0 fully saturated rings. The van der Waals surface area contributed by atoms with Gasteiger partial charge in [-0.05, 0) is 35.0 Å². The van der Waals surface area contributed by atoms with Crippen molar-refractivity contribution >= 4 is 49.0 Å². The minimum Gasteiger partial charge on any atom is -0.302 e. The Morgan fingerprint density at radius 1 is 0.536 bits per heavy atom. The average Bonchev–Trinajstić information content (AvgIpc) is 3.34. The summed E-state index contributed by atoms with van der Waals surface area (Å²) in [7, 11) is 0. The molecule has 0 saturated heterocycles. The summed E-state index contributed by atoms with van der Waals surface area (Å²) in [6.07, 6.45) is 2.20. The van der Waals surface area contributed by atoms with Crippen LogP contribution >= 0.6 is 0 Å². The average molecular weight is 356 g/mol. The molecule has 0 saturated carbocycles. The zero-order valence-electron chi connectivity index (χ0n) is 15.1. The van der Waals surface area contributed by atoms with Crippen LogP contribution in [-0.4, -0.2) is 8.97 Å². The third-order valence-electron chi connectivity index (χ3n) is 6.07. The van der Waals surface area contributed by atoms with Crippen molar-refractivity contribution in [3.05, 3.63) is 97.2 Å². The Hall–Kier alpha value is -3.78. The predicted molar refractivity (Wildman–Crippen MR) is 118 cm³/mol. The summed E-state index contributed by atoms with van der Waals surface area (Å²) < 4.78 is 4.78. The van der Waals surface area contributed by atoms with Crippen LogP contribution in [0, 0.1) is 0 Å². The van der Waals surface area contributed by atoms with Crippen molar-refractivity contribution in [2.24, 2.45) is 0 Å². The molecule has 0 bridgehead atoms. The van der Waals surface area contributed by atoms with Gasteiger partial charge in [-0.25, -0.2) is 0 Å². The maximum absolute atomic E-state index is 2.46. The molecule has 28 heavy (non-hydrogen) atoms. The first-order chi connectivity index (χ1) is 13.9. The molecule has 0 aliphatic rings. The van der Waals surface area contributed by atoms with Crippen molar-refractivity contribution in [3.63, 3.8) is 0 Å². The van der Waals surface area contributed by atoms with E-state index >= 15 is 0 Å². The molecule has 0 spiro atoms. The van der Waals surface area contributed by atoms with Gasteiger partial charge in [0.1, 0.15) is 5.65 Å². The van der Waals surface area contributed by atoms with Gasteiger partial charge in [0.2, 0.25) is 0 Å².